The maximum Gasteiger partial charge on any atom is 0.335 e. The van der Waals surface area contributed by atoms with Gasteiger partial charge in [-0.3, -0.25) is 0 Å². The van der Waals surface area contributed by atoms with Crippen LogP contribution in [0.4, 0.5) is 0 Å². The minimum atomic E-state index is -3.62. The second kappa shape index (κ2) is 5.79. The van der Waals surface area contributed by atoms with Crippen molar-refractivity contribution in [2.24, 2.45) is 0 Å². The normalized spacial score (nSPS) is 11.6. The molecule has 0 bridgehead atoms. The summed E-state index contributed by atoms with van der Waals surface area (Å²) in [5, 5.41) is 9.07. The molecule has 0 unspecified atom stereocenters. The number of carboxylic acid groups (broad SMARTS) is 1. The fraction of sp³-hybridized carbons (Fsp3) is 0.214. The molecule has 1 aromatic heterocycles. The van der Waals surface area contributed by atoms with E-state index in [1.165, 1.54) is 23.5 Å². The molecule has 2 aromatic rings. The van der Waals surface area contributed by atoms with E-state index in [0.717, 1.165) is 0 Å². The highest BCUT2D eigenvalue weighted by Gasteiger charge is 2.22. The van der Waals surface area contributed by atoms with Crippen LogP contribution in [0.1, 0.15) is 26.4 Å². The molecule has 1 heterocycles. The van der Waals surface area contributed by atoms with E-state index in [2.05, 4.69) is 0 Å². The van der Waals surface area contributed by atoms with Gasteiger partial charge in [-0.2, -0.15) is 0 Å². The Balaban J connectivity index is 2.51. The molecule has 4 nitrogen and oxygen atoms in total. The molecule has 112 valence electrons. The average Bonchev–Trinajstić information content (AvgIpc) is 2.76. The summed E-state index contributed by atoms with van der Waals surface area (Å²) in [4.78, 5) is 11.8. The average molecular weight is 345 g/mol. The van der Waals surface area contributed by atoms with E-state index in [1.54, 1.807) is 26.0 Å². The Bertz CT molecular complexity index is 806. The maximum atomic E-state index is 12.5. The number of aryl methyl sites for hydroxylation is 1. The number of rotatable bonds is 4. The molecule has 21 heavy (non-hydrogen) atoms. The molecule has 0 saturated carbocycles. The fourth-order valence-corrected chi connectivity index (χ4v) is 5.11. The van der Waals surface area contributed by atoms with Crippen molar-refractivity contribution in [3.05, 3.63) is 50.2 Å². The fourth-order valence-electron chi connectivity index (χ4n) is 1.97. The van der Waals surface area contributed by atoms with Crippen molar-refractivity contribution in [3.8, 4) is 0 Å². The first-order chi connectivity index (χ1) is 9.70. The number of sulfone groups is 1. The topological polar surface area (TPSA) is 71.4 Å². The summed E-state index contributed by atoms with van der Waals surface area (Å²) < 4.78 is 25.6. The number of hydrogen-bond acceptors (Lipinski definition) is 4. The highest BCUT2D eigenvalue weighted by molar-refractivity contribution is 7.90. The molecular formula is C14H13ClO4S2. The lowest BCUT2D eigenvalue weighted by molar-refractivity contribution is 0.0696. The van der Waals surface area contributed by atoms with E-state index in [-0.39, 0.29) is 16.2 Å². The van der Waals surface area contributed by atoms with Crippen molar-refractivity contribution in [3.63, 3.8) is 0 Å². The Morgan fingerprint density at radius 1 is 1.29 bits per heavy atom. The van der Waals surface area contributed by atoms with Crippen LogP contribution in [0.25, 0.3) is 0 Å². The number of aromatic carboxylic acids is 1. The lowest BCUT2D eigenvalue weighted by Crippen LogP contribution is -2.09. The minimum Gasteiger partial charge on any atom is -0.478 e. The Kier molecular flexibility index (Phi) is 4.41. The molecule has 0 radical (unpaired) electrons. The van der Waals surface area contributed by atoms with Gasteiger partial charge in [0, 0.05) is 4.88 Å². The van der Waals surface area contributed by atoms with Gasteiger partial charge in [0.2, 0.25) is 0 Å². The minimum absolute atomic E-state index is 0.0270. The van der Waals surface area contributed by atoms with Crippen LogP contribution in [0.3, 0.4) is 0 Å². The van der Waals surface area contributed by atoms with Gasteiger partial charge in [0.05, 0.1) is 20.5 Å². The number of carbonyl (C=O) groups is 1. The van der Waals surface area contributed by atoms with Gasteiger partial charge < -0.3 is 5.11 Å². The van der Waals surface area contributed by atoms with Crippen LogP contribution in [0, 0.1) is 13.8 Å². The van der Waals surface area contributed by atoms with Gasteiger partial charge in [-0.15, -0.1) is 11.3 Å². The van der Waals surface area contributed by atoms with Gasteiger partial charge >= 0.3 is 5.97 Å². The maximum absolute atomic E-state index is 12.5. The molecule has 0 aliphatic rings. The van der Waals surface area contributed by atoms with E-state index in [1.807, 2.05) is 0 Å². The Labute approximate surface area is 131 Å². The quantitative estimate of drug-likeness (QED) is 0.918. The number of thiophene rings is 1. The Hall–Kier alpha value is -1.37. The molecule has 0 atom stereocenters. The molecule has 0 aliphatic heterocycles. The summed E-state index contributed by atoms with van der Waals surface area (Å²) in [7, 11) is -3.62. The van der Waals surface area contributed by atoms with Crippen molar-refractivity contribution >= 4 is 38.7 Å². The van der Waals surface area contributed by atoms with Crippen molar-refractivity contribution < 1.29 is 18.3 Å². The zero-order valence-electron chi connectivity index (χ0n) is 11.4. The summed E-state index contributed by atoms with van der Waals surface area (Å²) >= 11 is 7.00. The van der Waals surface area contributed by atoms with Crippen molar-refractivity contribution in [1.82, 2.24) is 0 Å². The zero-order chi connectivity index (χ0) is 15.8. The van der Waals surface area contributed by atoms with Gasteiger partial charge in [-0.05, 0) is 49.2 Å². The largest absolute Gasteiger partial charge is 0.478 e. The van der Waals surface area contributed by atoms with Crippen LogP contribution in [-0.2, 0) is 15.6 Å². The number of hydrogen-bond donors (Lipinski definition) is 1. The van der Waals surface area contributed by atoms with Crippen molar-refractivity contribution in [1.29, 1.82) is 0 Å². The van der Waals surface area contributed by atoms with Crippen molar-refractivity contribution in [2.75, 3.05) is 0 Å². The number of halogens is 1. The first-order valence-corrected chi connectivity index (χ1v) is 8.87. The predicted molar refractivity (Wildman–Crippen MR) is 83.1 cm³/mol. The Morgan fingerprint density at radius 2 is 1.95 bits per heavy atom. The summed E-state index contributed by atoms with van der Waals surface area (Å²) in [6, 6.07) is 5.99. The van der Waals surface area contributed by atoms with Gasteiger partial charge in [-0.1, -0.05) is 11.6 Å². The summed E-state index contributed by atoms with van der Waals surface area (Å²) in [6.45, 7) is 3.37. The smallest absolute Gasteiger partial charge is 0.335 e. The lowest BCUT2D eigenvalue weighted by Gasteiger charge is -2.11. The molecule has 1 aromatic carbocycles. The van der Waals surface area contributed by atoms with Crippen molar-refractivity contribution in [2.45, 2.75) is 24.5 Å². The lowest BCUT2D eigenvalue weighted by atomic mass is 10.1. The molecule has 0 fully saturated rings. The zero-order valence-corrected chi connectivity index (χ0v) is 13.8. The van der Waals surface area contributed by atoms with Crippen LogP contribution in [-0.4, -0.2) is 19.5 Å². The molecule has 1 N–H and O–H groups in total. The summed E-state index contributed by atoms with van der Waals surface area (Å²) in [5.74, 6) is -1.33. The number of benzene rings is 1. The van der Waals surface area contributed by atoms with Gasteiger partial charge in [0.25, 0.3) is 0 Å². The summed E-state index contributed by atoms with van der Waals surface area (Å²) in [6.07, 6.45) is 0. The van der Waals surface area contributed by atoms with Crippen LogP contribution in [0.15, 0.2) is 29.2 Å². The van der Waals surface area contributed by atoms with E-state index < -0.39 is 15.8 Å². The molecule has 0 spiro atoms. The molecule has 0 aliphatic carbocycles. The highest BCUT2D eigenvalue weighted by Crippen LogP contribution is 2.28. The van der Waals surface area contributed by atoms with Gasteiger partial charge in [-0.25, -0.2) is 13.2 Å². The van der Waals surface area contributed by atoms with E-state index in [4.69, 9.17) is 16.7 Å². The standard InChI is InChI=1S/C14H13ClO4S2/c1-8-5-10(14(16)17)6-12(9(8)2)21(18,19)7-11-3-4-13(15)20-11/h3-6H,7H2,1-2H3,(H,16,17). The van der Waals surface area contributed by atoms with Crippen LogP contribution in [0.2, 0.25) is 4.34 Å². The number of carboxylic acids is 1. The third-order valence-corrected chi connectivity index (χ3v) is 6.36. The monoisotopic (exact) mass is 344 g/mol. The van der Waals surface area contributed by atoms with Crippen LogP contribution < -0.4 is 0 Å². The highest BCUT2D eigenvalue weighted by atomic mass is 35.5. The molecule has 2 rings (SSSR count). The van der Waals surface area contributed by atoms with E-state index in [9.17, 15) is 13.2 Å². The molecule has 7 heteroatoms. The Morgan fingerprint density at radius 3 is 2.48 bits per heavy atom. The molecule has 0 amide bonds. The first-order valence-electron chi connectivity index (χ1n) is 6.02. The summed E-state index contributed by atoms with van der Waals surface area (Å²) in [5.41, 5.74) is 1.18. The van der Waals surface area contributed by atoms with Crippen LogP contribution >= 0.6 is 22.9 Å². The van der Waals surface area contributed by atoms with Crippen LogP contribution in [0.5, 0.6) is 0 Å². The SMILES string of the molecule is Cc1cc(C(=O)O)cc(S(=O)(=O)Cc2ccc(Cl)s2)c1C. The van der Waals surface area contributed by atoms with E-state index >= 15 is 0 Å². The van der Waals surface area contributed by atoms with Gasteiger partial charge in [0.15, 0.2) is 9.84 Å². The second-order valence-electron chi connectivity index (χ2n) is 4.69. The second-order valence-corrected chi connectivity index (χ2v) is 8.44. The molecular weight excluding hydrogens is 332 g/mol. The molecule has 0 saturated heterocycles. The first kappa shape index (κ1) is 16.0. The predicted octanol–water partition coefficient (Wildman–Crippen LogP) is 3.69. The third kappa shape index (κ3) is 3.45. The third-order valence-electron chi connectivity index (χ3n) is 3.16. The van der Waals surface area contributed by atoms with E-state index in [0.29, 0.717) is 20.3 Å². The van der Waals surface area contributed by atoms with Gasteiger partial charge in [0.1, 0.15) is 0 Å².